The number of carbonyl (C=O) groups excluding carboxylic acids is 2. The Balaban J connectivity index is 1.92. The van der Waals surface area contributed by atoms with Gasteiger partial charge < -0.3 is 29.5 Å². The average Bonchev–Trinajstić information content (AvgIpc) is 3.00. The van der Waals surface area contributed by atoms with E-state index < -0.39 is 30.0 Å². The van der Waals surface area contributed by atoms with Crippen LogP contribution >= 0.6 is 0 Å². The zero-order valence-electron chi connectivity index (χ0n) is 26.5. The average molecular weight is 617 g/mol. The first kappa shape index (κ1) is 35.5. The number of benzene rings is 1. The van der Waals surface area contributed by atoms with Gasteiger partial charge in [-0.3, -0.25) is 19.5 Å². The Morgan fingerprint density at radius 1 is 1.14 bits per heavy atom. The molecule has 0 unspecified atom stereocenters. The first-order valence-corrected chi connectivity index (χ1v) is 15.5. The van der Waals surface area contributed by atoms with Crippen LogP contribution in [0.2, 0.25) is 0 Å². The van der Waals surface area contributed by atoms with Crippen molar-refractivity contribution in [2.45, 2.75) is 63.9 Å². The van der Waals surface area contributed by atoms with Crippen LogP contribution < -0.4 is 0 Å². The van der Waals surface area contributed by atoms with Gasteiger partial charge in [0.15, 0.2) is 0 Å². The minimum atomic E-state index is -1.35. The first-order chi connectivity index (χ1) is 21.1. The summed E-state index contributed by atoms with van der Waals surface area (Å²) in [6.45, 7) is 5.63. The van der Waals surface area contributed by atoms with Crippen LogP contribution in [-0.2, 0) is 20.7 Å². The Kier molecular flexibility index (Phi) is 14.6. The molecule has 244 valence electrons. The SMILES string of the molecule is CO[C@@H]1CN(C(=O)c2ccccc2F)C[C@@H](CC(C)C)N(C(=O)CN(C)CCc2ccccn2)CCCCOC[C@@H](O)[C@H]1O. The highest BCUT2D eigenvalue weighted by Crippen LogP contribution is 2.20. The second-order valence-electron chi connectivity index (χ2n) is 12.0. The number of carbonyl (C=O) groups is 2. The van der Waals surface area contributed by atoms with Crippen LogP contribution in [0.25, 0.3) is 0 Å². The molecule has 2 aromatic rings. The van der Waals surface area contributed by atoms with Crippen molar-refractivity contribution < 1.29 is 33.7 Å². The lowest BCUT2D eigenvalue weighted by Crippen LogP contribution is -2.55. The summed E-state index contributed by atoms with van der Waals surface area (Å²) in [6, 6.07) is 11.1. The topological polar surface area (TPSA) is 116 Å². The van der Waals surface area contributed by atoms with E-state index in [0.717, 1.165) is 5.69 Å². The molecular formula is C33H49FN4O6. The Morgan fingerprint density at radius 2 is 1.89 bits per heavy atom. The molecule has 1 fully saturated rings. The van der Waals surface area contributed by atoms with Gasteiger partial charge >= 0.3 is 0 Å². The van der Waals surface area contributed by atoms with Crippen LogP contribution in [0.3, 0.4) is 0 Å². The van der Waals surface area contributed by atoms with Gasteiger partial charge in [0.2, 0.25) is 5.91 Å². The lowest BCUT2D eigenvalue weighted by atomic mass is 9.99. The lowest BCUT2D eigenvalue weighted by Gasteiger charge is -2.39. The van der Waals surface area contributed by atoms with Crippen molar-refractivity contribution in [1.82, 2.24) is 19.7 Å². The van der Waals surface area contributed by atoms with Gasteiger partial charge in [-0.2, -0.15) is 0 Å². The summed E-state index contributed by atoms with van der Waals surface area (Å²) in [5, 5.41) is 21.5. The molecule has 2 heterocycles. The molecular weight excluding hydrogens is 567 g/mol. The van der Waals surface area contributed by atoms with E-state index in [1.165, 1.54) is 30.2 Å². The van der Waals surface area contributed by atoms with E-state index in [4.69, 9.17) is 9.47 Å². The van der Waals surface area contributed by atoms with E-state index >= 15 is 0 Å². The standard InChI is InChI=1S/C33H49FN4O6/c1-24(2)19-26-20-37(33(42)27-12-5-6-13-28(27)34)21-30(43-4)32(41)29(39)23-44-18-10-9-16-38(26)31(40)22-36(3)17-14-25-11-7-8-15-35-25/h5-8,11-13,15,24,26,29-30,32,39,41H,9-10,14,16-23H2,1-4H3/t26-,29-,30-,32-/m1/s1. The molecule has 0 bridgehead atoms. The molecule has 1 saturated heterocycles. The molecule has 0 aliphatic carbocycles. The molecule has 1 aromatic carbocycles. The van der Waals surface area contributed by atoms with Crippen LogP contribution in [-0.4, -0.2) is 126 Å². The molecule has 10 nitrogen and oxygen atoms in total. The van der Waals surface area contributed by atoms with E-state index in [9.17, 15) is 24.2 Å². The molecule has 3 rings (SSSR count). The Hall–Kier alpha value is -2.96. The molecule has 4 atom stereocenters. The Labute approximate surface area is 260 Å². The fraction of sp³-hybridized carbons (Fsp3) is 0.606. The van der Waals surface area contributed by atoms with Crippen LogP contribution in [0.15, 0.2) is 48.7 Å². The molecule has 0 saturated carbocycles. The van der Waals surface area contributed by atoms with Gasteiger partial charge in [0.1, 0.15) is 24.1 Å². The molecule has 2 amide bonds. The van der Waals surface area contributed by atoms with E-state index in [0.29, 0.717) is 45.4 Å². The third kappa shape index (κ3) is 10.9. The maximum atomic E-state index is 14.8. The van der Waals surface area contributed by atoms with Crippen molar-refractivity contribution in [3.63, 3.8) is 0 Å². The van der Waals surface area contributed by atoms with Gasteiger partial charge in [0, 0.05) is 64.2 Å². The number of aromatic nitrogens is 1. The number of halogens is 1. The monoisotopic (exact) mass is 616 g/mol. The van der Waals surface area contributed by atoms with Crippen molar-refractivity contribution in [2.24, 2.45) is 5.92 Å². The predicted octanol–water partition coefficient (Wildman–Crippen LogP) is 2.63. The maximum absolute atomic E-state index is 14.8. The number of methoxy groups -OCH3 is 1. The number of aliphatic hydroxyl groups excluding tert-OH is 2. The van der Waals surface area contributed by atoms with Gasteiger partial charge in [-0.15, -0.1) is 0 Å². The summed E-state index contributed by atoms with van der Waals surface area (Å²) in [5.74, 6) is -1.12. The zero-order chi connectivity index (χ0) is 32.1. The summed E-state index contributed by atoms with van der Waals surface area (Å²) in [5.41, 5.74) is 0.836. The van der Waals surface area contributed by atoms with E-state index in [1.54, 1.807) is 12.3 Å². The van der Waals surface area contributed by atoms with E-state index in [-0.39, 0.29) is 49.7 Å². The molecule has 0 spiro atoms. The van der Waals surface area contributed by atoms with Crippen LogP contribution in [0, 0.1) is 11.7 Å². The quantitative estimate of drug-likeness (QED) is 0.442. The third-order valence-corrected chi connectivity index (χ3v) is 7.91. The summed E-state index contributed by atoms with van der Waals surface area (Å²) in [7, 11) is 3.29. The molecule has 44 heavy (non-hydrogen) atoms. The molecule has 2 N–H and O–H groups in total. The molecule has 1 aliphatic rings. The fourth-order valence-electron chi connectivity index (χ4n) is 5.48. The number of hydrogen-bond acceptors (Lipinski definition) is 8. The maximum Gasteiger partial charge on any atom is 0.256 e. The molecule has 1 aliphatic heterocycles. The van der Waals surface area contributed by atoms with E-state index in [2.05, 4.69) is 18.8 Å². The number of rotatable bonds is 9. The van der Waals surface area contributed by atoms with Gasteiger partial charge in [-0.05, 0) is 56.5 Å². The number of hydrogen-bond donors (Lipinski definition) is 2. The van der Waals surface area contributed by atoms with Crippen molar-refractivity contribution in [1.29, 1.82) is 0 Å². The third-order valence-electron chi connectivity index (χ3n) is 7.91. The number of ether oxygens (including phenoxy) is 2. The number of aliphatic hydroxyl groups is 2. The van der Waals surface area contributed by atoms with Gasteiger partial charge in [0.05, 0.1) is 18.7 Å². The van der Waals surface area contributed by atoms with Crippen LogP contribution in [0.5, 0.6) is 0 Å². The van der Waals surface area contributed by atoms with Gasteiger partial charge in [0.25, 0.3) is 5.91 Å². The van der Waals surface area contributed by atoms with Gasteiger partial charge in [-0.1, -0.05) is 32.0 Å². The molecule has 1 aromatic heterocycles. The van der Waals surface area contributed by atoms with Gasteiger partial charge in [-0.25, -0.2) is 4.39 Å². The fourth-order valence-corrected chi connectivity index (χ4v) is 5.48. The normalized spacial score (nSPS) is 22.7. The van der Waals surface area contributed by atoms with Crippen LogP contribution in [0.1, 0.15) is 49.2 Å². The second-order valence-corrected chi connectivity index (χ2v) is 12.0. The number of pyridine rings is 1. The largest absolute Gasteiger partial charge is 0.388 e. The summed E-state index contributed by atoms with van der Waals surface area (Å²) in [6.07, 6.45) is 0.782. The highest BCUT2D eigenvalue weighted by molar-refractivity contribution is 5.94. The molecule has 0 radical (unpaired) electrons. The number of amides is 2. The second kappa shape index (κ2) is 18.1. The predicted molar refractivity (Wildman–Crippen MR) is 166 cm³/mol. The smallest absolute Gasteiger partial charge is 0.256 e. The Morgan fingerprint density at radius 3 is 2.57 bits per heavy atom. The van der Waals surface area contributed by atoms with Crippen molar-refractivity contribution in [2.75, 3.05) is 60.1 Å². The van der Waals surface area contributed by atoms with Crippen molar-refractivity contribution in [3.8, 4) is 0 Å². The first-order valence-electron chi connectivity index (χ1n) is 15.5. The lowest BCUT2D eigenvalue weighted by molar-refractivity contribution is -0.136. The highest BCUT2D eigenvalue weighted by atomic mass is 19.1. The number of nitrogens with zero attached hydrogens (tertiary/aromatic N) is 4. The minimum absolute atomic E-state index is 0.0655. The summed E-state index contributed by atoms with van der Waals surface area (Å²) < 4.78 is 26.0. The van der Waals surface area contributed by atoms with Crippen molar-refractivity contribution >= 4 is 11.8 Å². The molecule has 11 heteroatoms. The van der Waals surface area contributed by atoms with Crippen LogP contribution in [0.4, 0.5) is 4.39 Å². The van der Waals surface area contributed by atoms with E-state index in [1.807, 2.05) is 35.0 Å². The zero-order valence-corrected chi connectivity index (χ0v) is 26.5. The van der Waals surface area contributed by atoms with Crippen molar-refractivity contribution in [3.05, 3.63) is 65.7 Å². The summed E-state index contributed by atoms with van der Waals surface area (Å²) >= 11 is 0. The summed E-state index contributed by atoms with van der Waals surface area (Å²) in [4.78, 5) is 37.4. The number of likely N-dealkylation sites (N-methyl/N-ethyl adjacent to an activating group) is 1. The minimum Gasteiger partial charge on any atom is -0.388 e. The highest BCUT2D eigenvalue weighted by Gasteiger charge is 2.34. The Bertz CT molecular complexity index is 1160.